The number of hydrogen-bond acceptors (Lipinski definition) is 3. The van der Waals surface area contributed by atoms with Crippen LogP contribution in [0.15, 0.2) is 18.2 Å². The zero-order valence-corrected chi connectivity index (χ0v) is 10.9. The van der Waals surface area contributed by atoms with Crippen LogP contribution in [0.2, 0.25) is 0 Å². The molecule has 1 aromatic rings. The summed E-state index contributed by atoms with van der Waals surface area (Å²) >= 11 is 0. The summed E-state index contributed by atoms with van der Waals surface area (Å²) in [6, 6.07) is 3.41. The highest BCUT2D eigenvalue weighted by Gasteiger charge is 2.25. The van der Waals surface area contributed by atoms with Gasteiger partial charge in [0, 0.05) is 13.1 Å². The maximum Gasteiger partial charge on any atom is 0.159 e. The summed E-state index contributed by atoms with van der Waals surface area (Å²) < 4.78 is 25.9. The number of halogens is 2. The molecule has 3 unspecified atom stereocenters. The van der Waals surface area contributed by atoms with Gasteiger partial charge >= 0.3 is 0 Å². The molecule has 0 radical (unpaired) electrons. The standard InChI is InChI=1S/C14H19F2NO2/c1-9-4-5-17(7-13(9)18)8-14(19)10-2-3-11(15)12(16)6-10/h2-3,6,9,13-14,18-19H,4-5,7-8H2,1H3. The van der Waals surface area contributed by atoms with E-state index >= 15 is 0 Å². The fourth-order valence-electron chi connectivity index (χ4n) is 2.35. The van der Waals surface area contributed by atoms with Gasteiger partial charge in [-0.05, 0) is 36.6 Å². The molecule has 0 amide bonds. The largest absolute Gasteiger partial charge is 0.392 e. The van der Waals surface area contributed by atoms with Gasteiger partial charge in [-0.3, -0.25) is 4.90 Å². The fourth-order valence-corrected chi connectivity index (χ4v) is 2.35. The monoisotopic (exact) mass is 271 g/mol. The Bertz CT molecular complexity index is 441. The van der Waals surface area contributed by atoms with E-state index in [0.29, 0.717) is 18.7 Å². The second-order valence-corrected chi connectivity index (χ2v) is 5.28. The first-order chi connectivity index (χ1) is 8.97. The minimum atomic E-state index is -0.955. The van der Waals surface area contributed by atoms with E-state index < -0.39 is 23.8 Å². The topological polar surface area (TPSA) is 43.7 Å². The Morgan fingerprint density at radius 2 is 2.11 bits per heavy atom. The molecule has 1 saturated heterocycles. The first kappa shape index (κ1) is 14.4. The summed E-state index contributed by atoms with van der Waals surface area (Å²) in [4.78, 5) is 1.94. The fraction of sp³-hybridized carbons (Fsp3) is 0.571. The Morgan fingerprint density at radius 1 is 1.37 bits per heavy atom. The van der Waals surface area contributed by atoms with Crippen LogP contribution >= 0.6 is 0 Å². The molecule has 1 aliphatic heterocycles. The lowest BCUT2D eigenvalue weighted by molar-refractivity contribution is 0.00853. The number of aliphatic hydroxyl groups is 2. The lowest BCUT2D eigenvalue weighted by atomic mass is 9.95. The summed E-state index contributed by atoms with van der Waals surface area (Å²) in [5.74, 6) is -1.61. The molecule has 1 aromatic carbocycles. The van der Waals surface area contributed by atoms with Crippen molar-refractivity contribution in [3.8, 4) is 0 Å². The third-order valence-electron chi connectivity index (χ3n) is 3.76. The lowest BCUT2D eigenvalue weighted by Gasteiger charge is -2.35. The highest BCUT2D eigenvalue weighted by molar-refractivity contribution is 5.20. The van der Waals surface area contributed by atoms with E-state index in [2.05, 4.69) is 0 Å². The second-order valence-electron chi connectivity index (χ2n) is 5.28. The Balaban J connectivity index is 1.97. The number of aliphatic hydroxyl groups excluding tert-OH is 2. The van der Waals surface area contributed by atoms with Gasteiger partial charge in [0.15, 0.2) is 11.6 Å². The van der Waals surface area contributed by atoms with Crippen molar-refractivity contribution < 1.29 is 19.0 Å². The van der Waals surface area contributed by atoms with E-state index in [4.69, 9.17) is 0 Å². The van der Waals surface area contributed by atoms with Crippen molar-refractivity contribution in [2.75, 3.05) is 19.6 Å². The number of β-amino-alcohol motifs (C(OH)–C–C–N with tert-alkyl or cyclic N) is 2. The first-order valence-electron chi connectivity index (χ1n) is 6.51. The number of benzene rings is 1. The highest BCUT2D eigenvalue weighted by atomic mass is 19.2. The van der Waals surface area contributed by atoms with Crippen LogP contribution in [-0.4, -0.2) is 40.9 Å². The van der Waals surface area contributed by atoms with Gasteiger partial charge in [0.2, 0.25) is 0 Å². The molecule has 3 nitrogen and oxygen atoms in total. The Kier molecular flexibility index (Phi) is 4.50. The minimum Gasteiger partial charge on any atom is -0.392 e. The van der Waals surface area contributed by atoms with Gasteiger partial charge in [0.1, 0.15) is 0 Å². The van der Waals surface area contributed by atoms with Crippen LogP contribution in [-0.2, 0) is 0 Å². The summed E-state index contributed by atoms with van der Waals surface area (Å²) in [7, 11) is 0. The van der Waals surface area contributed by atoms with Crippen molar-refractivity contribution in [2.24, 2.45) is 5.92 Å². The number of hydrogen-bond donors (Lipinski definition) is 2. The highest BCUT2D eigenvalue weighted by Crippen LogP contribution is 2.21. The molecule has 5 heteroatoms. The predicted octanol–water partition coefficient (Wildman–Crippen LogP) is 1.70. The third-order valence-corrected chi connectivity index (χ3v) is 3.76. The van der Waals surface area contributed by atoms with Crippen LogP contribution in [0.1, 0.15) is 25.0 Å². The Morgan fingerprint density at radius 3 is 2.74 bits per heavy atom. The molecule has 1 heterocycles. The summed E-state index contributed by atoms with van der Waals surface area (Å²) in [5, 5.41) is 19.8. The summed E-state index contributed by atoms with van der Waals surface area (Å²) in [6.45, 7) is 3.60. The molecular weight excluding hydrogens is 252 g/mol. The third kappa shape index (κ3) is 3.49. The molecule has 0 spiro atoms. The zero-order valence-electron chi connectivity index (χ0n) is 10.9. The van der Waals surface area contributed by atoms with Crippen molar-refractivity contribution >= 4 is 0 Å². The molecule has 2 rings (SSSR count). The van der Waals surface area contributed by atoms with Gasteiger partial charge in [0.25, 0.3) is 0 Å². The van der Waals surface area contributed by atoms with Crippen molar-refractivity contribution in [3.63, 3.8) is 0 Å². The van der Waals surface area contributed by atoms with Crippen molar-refractivity contribution in [1.29, 1.82) is 0 Å². The van der Waals surface area contributed by atoms with Crippen LogP contribution < -0.4 is 0 Å². The van der Waals surface area contributed by atoms with E-state index in [1.54, 1.807) is 0 Å². The first-order valence-corrected chi connectivity index (χ1v) is 6.51. The number of piperidine rings is 1. The summed E-state index contributed by atoms with van der Waals surface area (Å²) in [5.41, 5.74) is 0.354. The van der Waals surface area contributed by atoms with Gasteiger partial charge < -0.3 is 10.2 Å². The van der Waals surface area contributed by atoms with Crippen LogP contribution in [0, 0.1) is 17.6 Å². The number of rotatable bonds is 3. The predicted molar refractivity (Wildman–Crippen MR) is 67.5 cm³/mol. The maximum atomic E-state index is 13.1. The van der Waals surface area contributed by atoms with E-state index in [1.165, 1.54) is 6.07 Å². The van der Waals surface area contributed by atoms with E-state index in [9.17, 15) is 19.0 Å². The van der Waals surface area contributed by atoms with E-state index in [0.717, 1.165) is 25.1 Å². The number of likely N-dealkylation sites (tertiary alicyclic amines) is 1. The van der Waals surface area contributed by atoms with Crippen molar-refractivity contribution in [3.05, 3.63) is 35.4 Å². The van der Waals surface area contributed by atoms with Gasteiger partial charge in [0.05, 0.1) is 12.2 Å². The van der Waals surface area contributed by atoms with Gasteiger partial charge in [-0.1, -0.05) is 13.0 Å². The Hall–Kier alpha value is -1.04. The minimum absolute atomic E-state index is 0.261. The van der Waals surface area contributed by atoms with Crippen molar-refractivity contribution in [2.45, 2.75) is 25.6 Å². The molecule has 19 heavy (non-hydrogen) atoms. The molecule has 0 bridgehead atoms. The second kappa shape index (κ2) is 5.94. The average Bonchev–Trinajstić information content (AvgIpc) is 2.37. The molecule has 106 valence electrons. The molecule has 0 aromatic heterocycles. The molecule has 0 saturated carbocycles. The smallest absolute Gasteiger partial charge is 0.159 e. The average molecular weight is 271 g/mol. The van der Waals surface area contributed by atoms with Gasteiger partial charge in [-0.15, -0.1) is 0 Å². The molecule has 3 atom stereocenters. The Labute approximate surface area is 111 Å². The van der Waals surface area contributed by atoms with Crippen LogP contribution in [0.3, 0.4) is 0 Å². The van der Waals surface area contributed by atoms with E-state index in [1.807, 2.05) is 11.8 Å². The zero-order chi connectivity index (χ0) is 14.0. The normalized spacial score (nSPS) is 26.4. The molecule has 1 fully saturated rings. The quantitative estimate of drug-likeness (QED) is 0.879. The maximum absolute atomic E-state index is 13.1. The molecular formula is C14H19F2NO2. The van der Waals surface area contributed by atoms with Crippen LogP contribution in [0.5, 0.6) is 0 Å². The van der Waals surface area contributed by atoms with Crippen LogP contribution in [0.25, 0.3) is 0 Å². The SMILES string of the molecule is CC1CCN(CC(O)c2ccc(F)c(F)c2)CC1O. The van der Waals surface area contributed by atoms with E-state index in [-0.39, 0.29) is 5.92 Å². The molecule has 1 aliphatic rings. The summed E-state index contributed by atoms with van der Waals surface area (Å²) in [6.07, 6.45) is -0.410. The van der Waals surface area contributed by atoms with Gasteiger partial charge in [-0.2, -0.15) is 0 Å². The molecule has 2 N–H and O–H groups in total. The van der Waals surface area contributed by atoms with Crippen molar-refractivity contribution in [1.82, 2.24) is 4.90 Å². The number of nitrogens with zero attached hydrogens (tertiary/aromatic N) is 1. The molecule has 0 aliphatic carbocycles. The van der Waals surface area contributed by atoms with Gasteiger partial charge in [-0.25, -0.2) is 8.78 Å². The lowest BCUT2D eigenvalue weighted by Crippen LogP contribution is -2.44. The van der Waals surface area contributed by atoms with Crippen LogP contribution in [0.4, 0.5) is 8.78 Å².